The smallest absolute Gasteiger partial charge is 0.313 e. The van der Waals surface area contributed by atoms with Crippen molar-refractivity contribution in [1.82, 2.24) is 5.06 Å². The van der Waals surface area contributed by atoms with Gasteiger partial charge >= 0.3 is 5.97 Å². The average Bonchev–Trinajstić information content (AvgIpc) is 2.87. The summed E-state index contributed by atoms with van der Waals surface area (Å²) in [5.41, 5.74) is 0. The molecule has 0 N–H and O–H groups in total. The second-order valence-corrected chi connectivity index (χ2v) is 7.54. The number of thioether (sulfide) groups is 1. The first-order chi connectivity index (χ1) is 10.8. The molecule has 0 bridgehead atoms. The Labute approximate surface area is 135 Å². The number of esters is 1. The third-order valence-electron chi connectivity index (χ3n) is 4.84. The highest BCUT2D eigenvalue weighted by Crippen LogP contribution is 2.43. The van der Waals surface area contributed by atoms with Crippen molar-refractivity contribution < 1.29 is 14.4 Å². The van der Waals surface area contributed by atoms with Crippen LogP contribution >= 0.6 is 11.8 Å². The normalized spacial score (nSPS) is 35.4. The number of ether oxygens (including phenoxy) is 1. The number of benzene rings is 1. The lowest BCUT2D eigenvalue weighted by atomic mass is 9.88. The van der Waals surface area contributed by atoms with E-state index in [0.29, 0.717) is 6.61 Å². The second-order valence-electron chi connectivity index (χ2n) is 6.23. The zero-order chi connectivity index (χ0) is 14.9. The molecule has 0 amide bonds. The van der Waals surface area contributed by atoms with E-state index in [4.69, 9.17) is 9.57 Å². The summed E-state index contributed by atoms with van der Waals surface area (Å²) in [7, 11) is 0. The van der Waals surface area contributed by atoms with Crippen LogP contribution in [0.4, 0.5) is 0 Å². The maximum atomic E-state index is 12.4. The summed E-state index contributed by atoms with van der Waals surface area (Å²) in [6, 6.07) is 10.6. The van der Waals surface area contributed by atoms with Crippen molar-refractivity contribution >= 4 is 17.7 Å². The van der Waals surface area contributed by atoms with Crippen LogP contribution in [0.5, 0.6) is 0 Å². The molecule has 0 unspecified atom stereocenters. The molecule has 3 aliphatic rings. The quantitative estimate of drug-likeness (QED) is 0.784. The van der Waals surface area contributed by atoms with Crippen LogP contribution in [0.2, 0.25) is 0 Å². The zero-order valence-electron chi connectivity index (χ0n) is 12.5. The van der Waals surface area contributed by atoms with E-state index in [-0.39, 0.29) is 29.3 Å². The molecule has 22 heavy (non-hydrogen) atoms. The predicted molar refractivity (Wildman–Crippen MR) is 84.4 cm³/mol. The molecule has 1 aromatic rings. The first-order valence-electron chi connectivity index (χ1n) is 8.15. The molecule has 3 saturated heterocycles. The number of nitrogens with zero attached hydrogens (tertiary/aromatic N) is 1. The number of piperidine rings is 1. The van der Waals surface area contributed by atoms with E-state index < -0.39 is 0 Å². The van der Waals surface area contributed by atoms with Crippen LogP contribution in [0.25, 0.3) is 0 Å². The first kappa shape index (κ1) is 14.5. The lowest BCUT2D eigenvalue weighted by Gasteiger charge is -2.28. The number of hydrogen-bond donors (Lipinski definition) is 0. The summed E-state index contributed by atoms with van der Waals surface area (Å²) in [6.07, 6.45) is 4.17. The Morgan fingerprint density at radius 2 is 2.00 bits per heavy atom. The van der Waals surface area contributed by atoms with Gasteiger partial charge in [0.2, 0.25) is 0 Å². The molecule has 4 rings (SSSR count). The van der Waals surface area contributed by atoms with Crippen LogP contribution in [-0.2, 0) is 14.4 Å². The number of carbonyl (C=O) groups excluding carboxylic acids is 1. The summed E-state index contributed by atoms with van der Waals surface area (Å²) in [6.45, 7) is 1.44. The van der Waals surface area contributed by atoms with Crippen molar-refractivity contribution in [2.45, 2.75) is 48.0 Å². The summed E-state index contributed by atoms with van der Waals surface area (Å²) in [5.74, 6) is -0.181. The van der Waals surface area contributed by atoms with Crippen LogP contribution in [0.1, 0.15) is 25.7 Å². The van der Waals surface area contributed by atoms with Crippen molar-refractivity contribution in [1.29, 1.82) is 0 Å². The summed E-state index contributed by atoms with van der Waals surface area (Å²) < 4.78 is 5.47. The minimum absolute atomic E-state index is 0.0525. The second kappa shape index (κ2) is 6.22. The van der Waals surface area contributed by atoms with Gasteiger partial charge < -0.3 is 4.74 Å². The molecule has 0 radical (unpaired) electrons. The van der Waals surface area contributed by atoms with E-state index in [1.54, 1.807) is 0 Å². The van der Waals surface area contributed by atoms with Gasteiger partial charge in [0, 0.05) is 16.7 Å². The van der Waals surface area contributed by atoms with E-state index in [2.05, 4.69) is 29.3 Å². The molecule has 3 fully saturated rings. The highest BCUT2D eigenvalue weighted by Gasteiger charge is 2.53. The molecule has 1 aromatic carbocycles. The third kappa shape index (κ3) is 2.66. The number of rotatable bonds is 2. The molecule has 4 atom stereocenters. The van der Waals surface area contributed by atoms with Crippen molar-refractivity contribution in [2.75, 3.05) is 13.2 Å². The van der Waals surface area contributed by atoms with Gasteiger partial charge in [-0.15, -0.1) is 11.8 Å². The molecule has 0 saturated carbocycles. The molecule has 5 heteroatoms. The van der Waals surface area contributed by atoms with E-state index in [1.807, 2.05) is 17.8 Å². The lowest BCUT2D eigenvalue weighted by Crippen LogP contribution is -2.40. The first-order valence-corrected chi connectivity index (χ1v) is 9.02. The van der Waals surface area contributed by atoms with Crippen molar-refractivity contribution in [2.24, 2.45) is 5.92 Å². The topological polar surface area (TPSA) is 38.8 Å². The number of hydrogen-bond acceptors (Lipinski definition) is 5. The molecule has 4 nitrogen and oxygen atoms in total. The van der Waals surface area contributed by atoms with Gasteiger partial charge in [0.25, 0.3) is 0 Å². The predicted octanol–water partition coefficient (Wildman–Crippen LogP) is 2.88. The number of fused-ring (bicyclic) bond motifs is 3. The fourth-order valence-electron chi connectivity index (χ4n) is 3.79. The van der Waals surface area contributed by atoms with Crippen LogP contribution < -0.4 is 0 Å². The number of hydroxylamine groups is 2. The summed E-state index contributed by atoms with van der Waals surface area (Å²) >= 11 is 1.82. The van der Waals surface area contributed by atoms with Crippen LogP contribution in [0.3, 0.4) is 0 Å². The average molecular weight is 319 g/mol. The minimum atomic E-state index is -0.121. The standard InChI is InChI=1S/C17H21NO3S/c19-17-15-13-8-4-5-10-18(13)21-16(15)14(9-11-20-17)22-12-6-2-1-3-7-12/h1-3,6-7,13-16H,4-5,8-11H2/t13-,14+,15-,16-/m1/s1. The molecule has 118 valence electrons. The molecule has 3 aliphatic heterocycles. The molecular formula is C17H21NO3S. The zero-order valence-corrected chi connectivity index (χ0v) is 13.3. The van der Waals surface area contributed by atoms with E-state index in [9.17, 15) is 4.79 Å². The SMILES string of the molecule is O=C1OCC[C@H](Sc2ccccc2)[C@H]2ON3CCCC[C@@H]3[C@@H]12. The van der Waals surface area contributed by atoms with Crippen LogP contribution in [0, 0.1) is 5.92 Å². The van der Waals surface area contributed by atoms with Gasteiger partial charge in [-0.05, 0) is 31.4 Å². The molecule has 3 heterocycles. The van der Waals surface area contributed by atoms with Gasteiger partial charge in [-0.2, -0.15) is 5.06 Å². The van der Waals surface area contributed by atoms with Gasteiger partial charge in [0.05, 0.1) is 12.6 Å². The van der Waals surface area contributed by atoms with E-state index in [0.717, 1.165) is 25.8 Å². The van der Waals surface area contributed by atoms with E-state index in [1.165, 1.54) is 11.3 Å². The van der Waals surface area contributed by atoms with Crippen LogP contribution in [-0.4, -0.2) is 41.6 Å². The number of cyclic esters (lactones) is 1. The fourth-order valence-corrected chi connectivity index (χ4v) is 5.02. The van der Waals surface area contributed by atoms with Crippen molar-refractivity contribution in [3.05, 3.63) is 30.3 Å². The highest BCUT2D eigenvalue weighted by molar-refractivity contribution is 8.00. The van der Waals surface area contributed by atoms with Gasteiger partial charge in [0.15, 0.2) is 0 Å². The number of carbonyl (C=O) groups is 1. The molecule has 0 aromatic heterocycles. The largest absolute Gasteiger partial charge is 0.465 e. The maximum absolute atomic E-state index is 12.4. The van der Waals surface area contributed by atoms with Gasteiger partial charge in [-0.3, -0.25) is 9.63 Å². The lowest BCUT2D eigenvalue weighted by molar-refractivity contribution is -0.171. The molecule has 0 spiro atoms. The maximum Gasteiger partial charge on any atom is 0.313 e. The molecule has 0 aliphatic carbocycles. The third-order valence-corrected chi connectivity index (χ3v) is 6.19. The Balaban J connectivity index is 1.58. The minimum Gasteiger partial charge on any atom is -0.465 e. The summed E-state index contributed by atoms with van der Waals surface area (Å²) in [4.78, 5) is 19.9. The fraction of sp³-hybridized carbons (Fsp3) is 0.588. The highest BCUT2D eigenvalue weighted by atomic mass is 32.2. The Morgan fingerprint density at radius 3 is 2.86 bits per heavy atom. The Bertz CT molecular complexity index is 538. The van der Waals surface area contributed by atoms with Crippen molar-refractivity contribution in [3.8, 4) is 0 Å². The Hall–Kier alpha value is -1.04. The summed E-state index contributed by atoms with van der Waals surface area (Å²) in [5, 5.41) is 2.33. The van der Waals surface area contributed by atoms with Crippen molar-refractivity contribution in [3.63, 3.8) is 0 Å². The van der Waals surface area contributed by atoms with Gasteiger partial charge in [-0.25, -0.2) is 0 Å². The van der Waals surface area contributed by atoms with Crippen LogP contribution in [0.15, 0.2) is 35.2 Å². The monoisotopic (exact) mass is 319 g/mol. The molecular weight excluding hydrogens is 298 g/mol. The Morgan fingerprint density at radius 1 is 1.14 bits per heavy atom. The van der Waals surface area contributed by atoms with E-state index >= 15 is 0 Å². The Kier molecular flexibility index (Phi) is 4.11. The van der Waals surface area contributed by atoms with Gasteiger partial charge in [-0.1, -0.05) is 24.6 Å². The van der Waals surface area contributed by atoms with Gasteiger partial charge in [0.1, 0.15) is 12.0 Å².